The minimum atomic E-state index is -0.602. The van der Waals surface area contributed by atoms with Crippen LogP contribution in [0.2, 0.25) is 15.1 Å². The zero-order valence-electron chi connectivity index (χ0n) is 21.3. The van der Waals surface area contributed by atoms with Crippen LogP contribution in [-0.2, 0) is 6.61 Å². The normalized spacial score (nSPS) is 11.5. The first-order valence-electron chi connectivity index (χ1n) is 12.4. The summed E-state index contributed by atoms with van der Waals surface area (Å²) in [5.41, 5.74) is 1.17. The van der Waals surface area contributed by atoms with E-state index in [2.05, 4.69) is 10.1 Å². The number of nitrogens with zero attached hydrogens (tertiary/aromatic N) is 4. The number of furan rings is 1. The number of nitro groups is 1. The number of ether oxygens (including phenoxy) is 1. The summed E-state index contributed by atoms with van der Waals surface area (Å²) in [4.78, 5) is 29.5. The molecule has 0 radical (unpaired) electrons. The molecule has 0 amide bonds. The van der Waals surface area contributed by atoms with Crippen LogP contribution in [0.25, 0.3) is 33.5 Å². The van der Waals surface area contributed by atoms with E-state index in [4.69, 9.17) is 44.0 Å². The highest BCUT2D eigenvalue weighted by atomic mass is 35.5. The fourth-order valence-corrected chi connectivity index (χ4v) is 4.91. The van der Waals surface area contributed by atoms with E-state index in [0.29, 0.717) is 31.9 Å². The van der Waals surface area contributed by atoms with Gasteiger partial charge in [0.1, 0.15) is 12.2 Å². The molecule has 0 unspecified atom stereocenters. The van der Waals surface area contributed by atoms with Gasteiger partial charge in [0.25, 0.3) is 5.56 Å². The van der Waals surface area contributed by atoms with Crippen LogP contribution in [0, 0.1) is 10.1 Å². The van der Waals surface area contributed by atoms with E-state index in [1.54, 1.807) is 72.8 Å². The zero-order chi connectivity index (χ0) is 29.4. The molecular weight excluding hydrogens is 603 g/mol. The van der Waals surface area contributed by atoms with E-state index in [9.17, 15) is 14.9 Å². The first-order chi connectivity index (χ1) is 20.3. The molecule has 0 saturated heterocycles. The van der Waals surface area contributed by atoms with Crippen molar-refractivity contribution >= 4 is 68.6 Å². The third-order valence-corrected chi connectivity index (χ3v) is 7.08. The quantitative estimate of drug-likeness (QED) is 0.101. The molecule has 208 valence electrons. The summed E-state index contributed by atoms with van der Waals surface area (Å²) in [5, 5.41) is 18.4. The van der Waals surface area contributed by atoms with Crippen LogP contribution in [0.15, 0.2) is 99.2 Å². The van der Waals surface area contributed by atoms with E-state index >= 15 is 0 Å². The second-order valence-electron chi connectivity index (χ2n) is 9.13. The van der Waals surface area contributed by atoms with Gasteiger partial charge in [-0.15, -0.1) is 0 Å². The summed E-state index contributed by atoms with van der Waals surface area (Å²) in [5.74, 6) is 0.313. The van der Waals surface area contributed by atoms with Gasteiger partial charge < -0.3 is 9.15 Å². The first kappa shape index (κ1) is 27.5. The van der Waals surface area contributed by atoms with E-state index in [0.717, 1.165) is 10.2 Å². The molecular formula is C30H17Cl3N4O5. The molecule has 6 rings (SSSR count). The van der Waals surface area contributed by atoms with E-state index in [-0.39, 0.29) is 40.2 Å². The number of fused-ring (bicyclic) bond motifs is 2. The van der Waals surface area contributed by atoms with Crippen molar-refractivity contribution in [2.24, 2.45) is 5.10 Å². The number of halogens is 3. The molecule has 0 bridgehead atoms. The van der Waals surface area contributed by atoms with Gasteiger partial charge in [0.05, 0.1) is 27.1 Å². The monoisotopic (exact) mass is 618 g/mol. The van der Waals surface area contributed by atoms with Crippen LogP contribution in [0.4, 0.5) is 5.69 Å². The Morgan fingerprint density at radius 3 is 2.52 bits per heavy atom. The molecule has 0 fully saturated rings. The lowest BCUT2D eigenvalue weighted by Crippen LogP contribution is -2.20. The number of hydrogen-bond donors (Lipinski definition) is 0. The molecule has 0 saturated carbocycles. The van der Waals surface area contributed by atoms with Crippen LogP contribution in [0.3, 0.4) is 0 Å². The Morgan fingerprint density at radius 2 is 1.74 bits per heavy atom. The molecule has 9 nitrogen and oxygen atoms in total. The Kier molecular flexibility index (Phi) is 7.38. The number of benzene rings is 4. The van der Waals surface area contributed by atoms with E-state index in [1.165, 1.54) is 18.3 Å². The molecule has 2 aromatic heterocycles. The van der Waals surface area contributed by atoms with Gasteiger partial charge in [0.15, 0.2) is 5.76 Å². The third kappa shape index (κ3) is 5.45. The minimum absolute atomic E-state index is 0.00187. The highest BCUT2D eigenvalue weighted by Crippen LogP contribution is 2.36. The van der Waals surface area contributed by atoms with Gasteiger partial charge in [0.2, 0.25) is 11.6 Å². The summed E-state index contributed by atoms with van der Waals surface area (Å²) in [6.45, 7) is 0.0371. The maximum atomic E-state index is 13.5. The standard InChI is InChI=1S/C30H17Cl3N4O5/c31-20-7-5-17(6-8-20)16-41-28-23(33)11-18(12-25(28)37(39)40)15-34-36-29(35-24-4-2-1-3-22(24)30(36)38)27-14-19-13-21(32)9-10-26(19)42-27/h1-15H,16H2. The van der Waals surface area contributed by atoms with Crippen molar-refractivity contribution in [2.45, 2.75) is 6.61 Å². The van der Waals surface area contributed by atoms with Crippen LogP contribution >= 0.6 is 34.8 Å². The van der Waals surface area contributed by atoms with Crippen molar-refractivity contribution in [1.29, 1.82) is 0 Å². The van der Waals surface area contributed by atoms with E-state index < -0.39 is 10.5 Å². The van der Waals surface area contributed by atoms with Crippen molar-refractivity contribution in [3.05, 3.63) is 132 Å². The molecule has 0 N–H and O–H groups in total. The van der Waals surface area contributed by atoms with Crippen molar-refractivity contribution in [2.75, 3.05) is 0 Å². The molecule has 12 heteroatoms. The van der Waals surface area contributed by atoms with Crippen molar-refractivity contribution in [1.82, 2.24) is 9.66 Å². The highest BCUT2D eigenvalue weighted by Gasteiger charge is 2.21. The average Bonchev–Trinajstić information content (AvgIpc) is 3.39. The smallest absolute Gasteiger partial charge is 0.313 e. The fraction of sp³-hybridized carbons (Fsp3) is 0.0333. The van der Waals surface area contributed by atoms with Crippen LogP contribution in [-0.4, -0.2) is 20.8 Å². The van der Waals surface area contributed by atoms with Crippen molar-refractivity contribution < 1.29 is 14.1 Å². The SMILES string of the molecule is O=c1c2ccccc2nc(-c2cc3cc(Cl)ccc3o2)n1N=Cc1cc(Cl)c(OCc2ccc(Cl)cc2)c([N+](=O)[O-])c1. The van der Waals surface area contributed by atoms with Crippen molar-refractivity contribution in [3.63, 3.8) is 0 Å². The van der Waals surface area contributed by atoms with Gasteiger partial charge in [-0.05, 0) is 60.2 Å². The van der Waals surface area contributed by atoms with Crippen LogP contribution in [0.5, 0.6) is 5.75 Å². The highest BCUT2D eigenvalue weighted by molar-refractivity contribution is 6.33. The lowest BCUT2D eigenvalue weighted by Gasteiger charge is -2.10. The Bertz CT molecular complexity index is 2090. The number of rotatable bonds is 7. The van der Waals surface area contributed by atoms with Gasteiger partial charge in [0, 0.05) is 27.1 Å². The fourth-order valence-electron chi connectivity index (χ4n) is 4.33. The Hall–Kier alpha value is -4.70. The summed E-state index contributed by atoms with van der Waals surface area (Å²) in [6.07, 6.45) is 1.28. The molecule has 0 spiro atoms. The first-order valence-corrected chi connectivity index (χ1v) is 13.5. The van der Waals surface area contributed by atoms with Gasteiger partial charge in [-0.3, -0.25) is 14.9 Å². The number of para-hydroxylation sites is 1. The molecule has 2 heterocycles. The number of nitro benzene ring substituents is 1. The Morgan fingerprint density at radius 1 is 0.976 bits per heavy atom. The summed E-state index contributed by atoms with van der Waals surface area (Å²) in [6, 6.07) is 23.2. The predicted molar refractivity (Wildman–Crippen MR) is 163 cm³/mol. The predicted octanol–water partition coefficient (Wildman–Crippen LogP) is 8.14. The van der Waals surface area contributed by atoms with Crippen molar-refractivity contribution in [3.8, 4) is 17.3 Å². The summed E-state index contributed by atoms with van der Waals surface area (Å²) >= 11 is 18.5. The average molecular weight is 620 g/mol. The molecule has 4 aromatic carbocycles. The molecule has 6 aromatic rings. The molecule has 0 aliphatic heterocycles. The van der Waals surface area contributed by atoms with Crippen LogP contribution in [0.1, 0.15) is 11.1 Å². The zero-order valence-corrected chi connectivity index (χ0v) is 23.6. The number of hydrogen-bond acceptors (Lipinski definition) is 7. The summed E-state index contributed by atoms with van der Waals surface area (Å²) < 4.78 is 12.8. The Labute approximate surface area is 252 Å². The Balaban J connectivity index is 1.41. The molecule has 42 heavy (non-hydrogen) atoms. The number of aromatic nitrogens is 2. The lowest BCUT2D eigenvalue weighted by atomic mass is 10.2. The largest absolute Gasteiger partial charge is 0.481 e. The third-order valence-electron chi connectivity index (χ3n) is 6.31. The molecule has 0 aliphatic rings. The topological polar surface area (TPSA) is 113 Å². The minimum Gasteiger partial charge on any atom is -0.481 e. The summed E-state index contributed by atoms with van der Waals surface area (Å²) in [7, 11) is 0. The second kappa shape index (κ2) is 11.3. The molecule has 0 aliphatic carbocycles. The van der Waals surface area contributed by atoms with E-state index in [1.807, 2.05) is 0 Å². The maximum absolute atomic E-state index is 13.5. The van der Waals surface area contributed by atoms with Crippen LogP contribution < -0.4 is 10.3 Å². The maximum Gasteiger partial charge on any atom is 0.313 e. The van der Waals surface area contributed by atoms with Gasteiger partial charge in [-0.1, -0.05) is 59.1 Å². The van der Waals surface area contributed by atoms with Gasteiger partial charge in [-0.2, -0.15) is 9.78 Å². The van der Waals surface area contributed by atoms with Gasteiger partial charge in [-0.25, -0.2) is 4.98 Å². The van der Waals surface area contributed by atoms with Gasteiger partial charge >= 0.3 is 5.69 Å². The molecule has 0 atom stereocenters. The second-order valence-corrected chi connectivity index (χ2v) is 10.4. The lowest BCUT2D eigenvalue weighted by molar-refractivity contribution is -0.385.